The SMILES string of the molecule is CCc1ccc(CNCCS(C)=O)o1. The number of hydrogen-bond donors (Lipinski definition) is 1. The van der Waals surface area contributed by atoms with Crippen LogP contribution in [0.5, 0.6) is 0 Å². The molecule has 0 spiro atoms. The number of hydrogen-bond acceptors (Lipinski definition) is 3. The second kappa shape index (κ2) is 5.98. The van der Waals surface area contributed by atoms with E-state index >= 15 is 0 Å². The first-order valence-corrected chi connectivity index (χ1v) is 6.53. The van der Waals surface area contributed by atoms with E-state index in [0.29, 0.717) is 5.75 Å². The summed E-state index contributed by atoms with van der Waals surface area (Å²) in [4.78, 5) is 0. The zero-order chi connectivity index (χ0) is 10.4. The summed E-state index contributed by atoms with van der Waals surface area (Å²) in [7, 11) is -0.713. The van der Waals surface area contributed by atoms with Gasteiger partial charge in [-0.15, -0.1) is 0 Å². The van der Waals surface area contributed by atoms with E-state index in [2.05, 4.69) is 12.2 Å². The molecule has 0 amide bonds. The summed E-state index contributed by atoms with van der Waals surface area (Å²) in [5.74, 6) is 2.66. The van der Waals surface area contributed by atoms with Crippen LogP contribution in [0, 0.1) is 0 Å². The summed E-state index contributed by atoms with van der Waals surface area (Å²) in [6.07, 6.45) is 2.64. The van der Waals surface area contributed by atoms with Gasteiger partial charge < -0.3 is 9.73 Å². The molecule has 1 unspecified atom stereocenters. The first-order valence-electron chi connectivity index (χ1n) is 4.80. The van der Waals surface area contributed by atoms with Crippen LogP contribution < -0.4 is 5.32 Å². The summed E-state index contributed by atoms with van der Waals surface area (Å²) in [5.41, 5.74) is 0. The van der Waals surface area contributed by atoms with Gasteiger partial charge in [-0.2, -0.15) is 0 Å². The molecule has 14 heavy (non-hydrogen) atoms. The number of aryl methyl sites for hydroxylation is 1. The molecule has 0 aliphatic heterocycles. The van der Waals surface area contributed by atoms with E-state index in [1.54, 1.807) is 6.26 Å². The van der Waals surface area contributed by atoms with Crippen molar-refractivity contribution in [3.63, 3.8) is 0 Å². The predicted octanol–water partition coefficient (Wildman–Crippen LogP) is 1.31. The average Bonchev–Trinajstić information content (AvgIpc) is 2.60. The first kappa shape index (κ1) is 11.5. The van der Waals surface area contributed by atoms with E-state index in [4.69, 9.17) is 4.42 Å². The van der Waals surface area contributed by atoms with Crippen LogP contribution in [0.15, 0.2) is 16.5 Å². The van der Waals surface area contributed by atoms with Gasteiger partial charge in [-0.3, -0.25) is 4.21 Å². The normalized spacial score (nSPS) is 13.0. The lowest BCUT2D eigenvalue weighted by molar-refractivity contribution is 0.454. The maximum Gasteiger partial charge on any atom is 0.117 e. The maximum absolute atomic E-state index is 10.8. The van der Waals surface area contributed by atoms with Gasteiger partial charge in [0.1, 0.15) is 11.5 Å². The molecule has 1 aromatic rings. The predicted molar refractivity (Wildman–Crippen MR) is 58.7 cm³/mol. The molecule has 0 fully saturated rings. The second-order valence-corrected chi connectivity index (χ2v) is 4.73. The fraction of sp³-hybridized carbons (Fsp3) is 0.600. The standard InChI is InChI=1S/C10H17NO2S/c1-3-9-4-5-10(13-9)8-11-6-7-14(2)12/h4-5,11H,3,6-8H2,1-2H3. The Bertz CT molecular complexity index is 296. The molecule has 0 saturated heterocycles. The molecule has 1 N–H and O–H groups in total. The third-order valence-corrected chi connectivity index (χ3v) is 2.71. The molecular weight excluding hydrogens is 198 g/mol. The molecular formula is C10H17NO2S. The van der Waals surface area contributed by atoms with Gasteiger partial charge in [-0.05, 0) is 12.1 Å². The minimum atomic E-state index is -0.713. The quantitative estimate of drug-likeness (QED) is 0.728. The average molecular weight is 215 g/mol. The van der Waals surface area contributed by atoms with E-state index in [1.807, 2.05) is 12.1 Å². The van der Waals surface area contributed by atoms with Crippen LogP contribution in [0.2, 0.25) is 0 Å². The van der Waals surface area contributed by atoms with E-state index in [1.165, 1.54) is 0 Å². The Hall–Kier alpha value is -0.610. The van der Waals surface area contributed by atoms with Gasteiger partial charge in [0.05, 0.1) is 6.54 Å². The minimum Gasteiger partial charge on any atom is -0.465 e. The molecule has 0 aromatic carbocycles. The van der Waals surface area contributed by atoms with Crippen molar-refractivity contribution < 1.29 is 8.63 Å². The molecule has 0 saturated carbocycles. The lowest BCUT2D eigenvalue weighted by Crippen LogP contribution is -2.19. The van der Waals surface area contributed by atoms with Crippen molar-refractivity contribution in [2.45, 2.75) is 19.9 Å². The van der Waals surface area contributed by atoms with E-state index in [-0.39, 0.29) is 0 Å². The maximum atomic E-state index is 10.8. The molecule has 80 valence electrons. The highest BCUT2D eigenvalue weighted by Crippen LogP contribution is 2.07. The monoisotopic (exact) mass is 215 g/mol. The summed E-state index contributed by atoms with van der Waals surface area (Å²) in [5, 5.41) is 3.18. The van der Waals surface area contributed by atoms with Crippen LogP contribution in [0.3, 0.4) is 0 Å². The second-order valence-electron chi connectivity index (χ2n) is 3.18. The van der Waals surface area contributed by atoms with Gasteiger partial charge in [0.25, 0.3) is 0 Å². The molecule has 1 rings (SSSR count). The molecule has 0 bridgehead atoms. The first-order chi connectivity index (χ1) is 6.72. The third-order valence-electron chi connectivity index (χ3n) is 1.93. The van der Waals surface area contributed by atoms with Crippen molar-refractivity contribution in [3.05, 3.63) is 23.7 Å². The summed E-state index contributed by atoms with van der Waals surface area (Å²) >= 11 is 0. The Kier molecular flexibility index (Phi) is 4.90. The summed E-state index contributed by atoms with van der Waals surface area (Å²) in [6, 6.07) is 3.98. The fourth-order valence-corrected chi connectivity index (χ4v) is 1.57. The third kappa shape index (κ3) is 4.07. The summed E-state index contributed by atoms with van der Waals surface area (Å²) in [6.45, 7) is 3.55. The van der Waals surface area contributed by atoms with Crippen LogP contribution in [0.4, 0.5) is 0 Å². The number of nitrogens with one attached hydrogen (secondary N) is 1. The minimum absolute atomic E-state index is 0.696. The van der Waals surface area contributed by atoms with E-state index in [0.717, 1.165) is 31.0 Å². The van der Waals surface area contributed by atoms with Gasteiger partial charge in [0, 0.05) is 35.8 Å². The van der Waals surface area contributed by atoms with Crippen LogP contribution in [-0.4, -0.2) is 22.8 Å². The summed E-state index contributed by atoms with van der Waals surface area (Å²) < 4.78 is 16.3. The highest BCUT2D eigenvalue weighted by atomic mass is 32.2. The molecule has 3 nitrogen and oxygen atoms in total. The van der Waals surface area contributed by atoms with Crippen molar-refractivity contribution in [1.29, 1.82) is 0 Å². The van der Waals surface area contributed by atoms with Gasteiger partial charge in [-0.1, -0.05) is 6.92 Å². The van der Waals surface area contributed by atoms with E-state index < -0.39 is 10.8 Å². The van der Waals surface area contributed by atoms with Crippen molar-refractivity contribution in [3.8, 4) is 0 Å². The Labute approximate surface area is 87.3 Å². The Morgan fingerprint density at radius 2 is 2.14 bits per heavy atom. The van der Waals surface area contributed by atoms with Crippen molar-refractivity contribution in [1.82, 2.24) is 5.32 Å². The fourth-order valence-electron chi connectivity index (χ4n) is 1.13. The van der Waals surface area contributed by atoms with Crippen LogP contribution in [-0.2, 0) is 23.8 Å². The lowest BCUT2D eigenvalue weighted by atomic mass is 10.3. The highest BCUT2D eigenvalue weighted by molar-refractivity contribution is 7.84. The molecule has 1 atom stereocenters. The molecule has 0 aliphatic carbocycles. The zero-order valence-corrected chi connectivity index (χ0v) is 9.52. The van der Waals surface area contributed by atoms with Crippen LogP contribution in [0.25, 0.3) is 0 Å². The molecule has 1 aromatic heterocycles. The molecule has 0 radical (unpaired) electrons. The highest BCUT2D eigenvalue weighted by Gasteiger charge is 1.99. The van der Waals surface area contributed by atoms with Crippen LogP contribution >= 0.6 is 0 Å². The topological polar surface area (TPSA) is 42.2 Å². The Balaban J connectivity index is 2.21. The van der Waals surface area contributed by atoms with Crippen molar-refractivity contribution in [2.75, 3.05) is 18.6 Å². The smallest absolute Gasteiger partial charge is 0.117 e. The van der Waals surface area contributed by atoms with Crippen molar-refractivity contribution >= 4 is 10.8 Å². The number of furan rings is 1. The van der Waals surface area contributed by atoms with Gasteiger partial charge in [-0.25, -0.2) is 0 Å². The van der Waals surface area contributed by atoms with Crippen LogP contribution in [0.1, 0.15) is 18.4 Å². The van der Waals surface area contributed by atoms with Gasteiger partial charge in [0.2, 0.25) is 0 Å². The number of rotatable bonds is 6. The Morgan fingerprint density at radius 3 is 2.71 bits per heavy atom. The molecule has 4 heteroatoms. The Morgan fingerprint density at radius 1 is 1.43 bits per heavy atom. The van der Waals surface area contributed by atoms with E-state index in [9.17, 15) is 4.21 Å². The van der Waals surface area contributed by atoms with Gasteiger partial charge >= 0.3 is 0 Å². The molecule has 1 heterocycles. The van der Waals surface area contributed by atoms with Gasteiger partial charge in [0.15, 0.2) is 0 Å². The largest absolute Gasteiger partial charge is 0.465 e. The zero-order valence-electron chi connectivity index (χ0n) is 8.71. The molecule has 0 aliphatic rings. The lowest BCUT2D eigenvalue weighted by Gasteiger charge is -2.00. The van der Waals surface area contributed by atoms with Crippen molar-refractivity contribution in [2.24, 2.45) is 0 Å².